The maximum absolute atomic E-state index is 10.2. The second-order valence-corrected chi connectivity index (χ2v) is 5.68. The van der Waals surface area contributed by atoms with Gasteiger partial charge in [0.05, 0.1) is 12.2 Å². The Morgan fingerprint density at radius 3 is 2.62 bits per heavy atom. The van der Waals surface area contributed by atoms with Crippen LogP contribution in [0.25, 0.3) is 0 Å². The molecule has 1 unspecified atom stereocenters. The molecule has 1 rings (SSSR count). The maximum Gasteiger partial charge on any atom is 0.0975 e. The first-order valence-corrected chi connectivity index (χ1v) is 6.01. The van der Waals surface area contributed by atoms with Crippen LogP contribution in [0.1, 0.15) is 27.2 Å². The lowest BCUT2D eigenvalue weighted by molar-refractivity contribution is -0.0526. The van der Waals surface area contributed by atoms with E-state index in [-0.39, 0.29) is 5.41 Å². The van der Waals surface area contributed by atoms with Crippen LogP contribution >= 0.6 is 11.8 Å². The van der Waals surface area contributed by atoms with Crippen LogP contribution in [0.15, 0.2) is 0 Å². The summed E-state index contributed by atoms with van der Waals surface area (Å²) in [7, 11) is 0. The monoisotopic (exact) mass is 204 g/mol. The van der Waals surface area contributed by atoms with Crippen molar-refractivity contribution >= 4 is 11.8 Å². The first kappa shape index (κ1) is 11.3. The largest absolute Gasteiger partial charge is 0.387 e. The fourth-order valence-corrected chi connectivity index (χ4v) is 3.22. The summed E-state index contributed by atoms with van der Waals surface area (Å²) in [5.41, 5.74) is -0.350. The van der Waals surface area contributed by atoms with Crippen LogP contribution in [0, 0.1) is 5.41 Å². The Bertz CT molecular complexity index is 170. The van der Waals surface area contributed by atoms with E-state index in [0.717, 1.165) is 17.9 Å². The topological polar surface area (TPSA) is 29.5 Å². The highest BCUT2D eigenvalue weighted by molar-refractivity contribution is 7.99. The second-order valence-electron chi connectivity index (χ2n) is 4.70. The van der Waals surface area contributed by atoms with E-state index in [0.29, 0.717) is 13.2 Å². The summed E-state index contributed by atoms with van der Waals surface area (Å²) in [5, 5.41) is 10.2. The molecule has 0 aromatic heterocycles. The van der Waals surface area contributed by atoms with Gasteiger partial charge in [-0.25, -0.2) is 0 Å². The van der Waals surface area contributed by atoms with Gasteiger partial charge in [-0.3, -0.25) is 0 Å². The summed E-state index contributed by atoms with van der Waals surface area (Å²) in [6.07, 6.45) is 0.854. The normalized spacial score (nSPS) is 33.2. The van der Waals surface area contributed by atoms with E-state index in [9.17, 15) is 5.11 Å². The Balaban J connectivity index is 2.47. The fraction of sp³-hybridized carbons (Fsp3) is 1.00. The molecule has 0 aliphatic carbocycles. The molecular formula is C10H20O2S. The molecule has 0 saturated carbocycles. The van der Waals surface area contributed by atoms with Gasteiger partial charge < -0.3 is 9.84 Å². The fourth-order valence-electron chi connectivity index (χ4n) is 1.89. The van der Waals surface area contributed by atoms with Gasteiger partial charge in [0.1, 0.15) is 0 Å². The van der Waals surface area contributed by atoms with E-state index in [4.69, 9.17) is 4.74 Å². The van der Waals surface area contributed by atoms with Crippen LogP contribution in [0.3, 0.4) is 0 Å². The van der Waals surface area contributed by atoms with Crippen LogP contribution in [0.2, 0.25) is 0 Å². The van der Waals surface area contributed by atoms with Crippen molar-refractivity contribution in [3.8, 4) is 0 Å². The molecule has 1 aliphatic heterocycles. The summed E-state index contributed by atoms with van der Waals surface area (Å²) in [6.45, 7) is 7.55. The smallest absolute Gasteiger partial charge is 0.0975 e. The minimum Gasteiger partial charge on any atom is -0.387 e. The lowest BCUT2D eigenvalue weighted by Crippen LogP contribution is -2.46. The molecule has 1 atom stereocenters. The maximum atomic E-state index is 10.2. The Morgan fingerprint density at radius 1 is 1.38 bits per heavy atom. The first-order chi connectivity index (χ1) is 5.97. The number of hydrogen-bond acceptors (Lipinski definition) is 3. The van der Waals surface area contributed by atoms with Crippen LogP contribution in [0.4, 0.5) is 0 Å². The van der Waals surface area contributed by atoms with Gasteiger partial charge in [-0.05, 0) is 24.5 Å². The average Bonchev–Trinajstić information content (AvgIpc) is 1.98. The molecule has 78 valence electrons. The first-order valence-electron chi connectivity index (χ1n) is 4.85. The zero-order valence-electron chi connectivity index (χ0n) is 8.80. The van der Waals surface area contributed by atoms with Crippen LogP contribution in [-0.2, 0) is 4.74 Å². The van der Waals surface area contributed by atoms with Crippen molar-refractivity contribution in [1.82, 2.24) is 0 Å². The highest BCUT2D eigenvalue weighted by Gasteiger charge is 2.38. The van der Waals surface area contributed by atoms with Crippen molar-refractivity contribution in [3.63, 3.8) is 0 Å². The van der Waals surface area contributed by atoms with Crippen molar-refractivity contribution in [1.29, 1.82) is 0 Å². The summed E-state index contributed by atoms with van der Waals surface area (Å²) in [6, 6.07) is 0. The van der Waals surface area contributed by atoms with Crippen LogP contribution in [0.5, 0.6) is 0 Å². The molecule has 2 nitrogen and oxygen atoms in total. The van der Waals surface area contributed by atoms with Gasteiger partial charge in [0.2, 0.25) is 0 Å². The molecule has 0 radical (unpaired) electrons. The van der Waals surface area contributed by atoms with E-state index >= 15 is 0 Å². The number of thioether (sulfide) groups is 1. The summed E-state index contributed by atoms with van der Waals surface area (Å²) in [5.74, 6) is 1.96. The van der Waals surface area contributed by atoms with Crippen molar-refractivity contribution in [3.05, 3.63) is 0 Å². The van der Waals surface area contributed by atoms with Gasteiger partial charge >= 0.3 is 0 Å². The molecule has 1 aliphatic rings. The highest BCUT2D eigenvalue weighted by atomic mass is 32.2. The van der Waals surface area contributed by atoms with Crippen molar-refractivity contribution in [2.75, 3.05) is 24.7 Å². The number of ether oxygens (including phenoxy) is 1. The molecule has 1 N–H and O–H groups in total. The second kappa shape index (κ2) is 4.20. The third-order valence-corrected chi connectivity index (χ3v) is 3.97. The molecule has 0 spiro atoms. The lowest BCUT2D eigenvalue weighted by atomic mass is 9.82. The predicted octanol–water partition coefficient (Wildman–Crippen LogP) is 1.92. The quantitative estimate of drug-likeness (QED) is 0.761. The molecule has 0 aromatic rings. The Kier molecular flexibility index (Phi) is 3.66. The number of aliphatic hydroxyl groups is 1. The van der Waals surface area contributed by atoms with Gasteiger partial charge in [0.25, 0.3) is 0 Å². The molecule has 13 heavy (non-hydrogen) atoms. The molecular weight excluding hydrogens is 184 g/mol. The summed E-state index contributed by atoms with van der Waals surface area (Å²) in [4.78, 5) is 0. The SMILES string of the molecule is CCOCC1(O)CSCC(C)(C)C1. The summed E-state index contributed by atoms with van der Waals surface area (Å²) >= 11 is 1.83. The minimum atomic E-state index is -0.595. The van der Waals surface area contributed by atoms with Crippen LogP contribution < -0.4 is 0 Å². The Labute approximate surface area is 85.0 Å². The van der Waals surface area contributed by atoms with E-state index in [2.05, 4.69) is 13.8 Å². The van der Waals surface area contributed by atoms with E-state index in [1.807, 2.05) is 18.7 Å². The third-order valence-electron chi connectivity index (χ3n) is 2.25. The molecule has 0 amide bonds. The Hall–Kier alpha value is 0.270. The van der Waals surface area contributed by atoms with Gasteiger partial charge in [-0.2, -0.15) is 11.8 Å². The zero-order valence-corrected chi connectivity index (χ0v) is 9.62. The van der Waals surface area contributed by atoms with Crippen molar-refractivity contribution in [2.24, 2.45) is 5.41 Å². The van der Waals surface area contributed by atoms with E-state index in [1.165, 1.54) is 0 Å². The molecule has 3 heteroatoms. The predicted molar refractivity (Wildman–Crippen MR) is 57.2 cm³/mol. The van der Waals surface area contributed by atoms with Crippen molar-refractivity contribution in [2.45, 2.75) is 32.8 Å². The molecule has 0 bridgehead atoms. The van der Waals surface area contributed by atoms with Gasteiger partial charge in [0.15, 0.2) is 0 Å². The highest BCUT2D eigenvalue weighted by Crippen LogP contribution is 2.39. The van der Waals surface area contributed by atoms with Crippen LogP contribution in [-0.4, -0.2) is 35.4 Å². The molecule has 1 fully saturated rings. The lowest BCUT2D eigenvalue weighted by Gasteiger charge is -2.40. The minimum absolute atomic E-state index is 0.245. The molecule has 1 saturated heterocycles. The standard InChI is InChI=1S/C10H20O2S/c1-4-12-6-10(11)5-9(2,3)7-13-8-10/h11H,4-8H2,1-3H3. The Morgan fingerprint density at radius 2 is 2.08 bits per heavy atom. The van der Waals surface area contributed by atoms with E-state index in [1.54, 1.807) is 0 Å². The number of rotatable bonds is 3. The molecule has 0 aromatic carbocycles. The zero-order chi connectivity index (χ0) is 9.95. The van der Waals surface area contributed by atoms with Gasteiger partial charge in [0, 0.05) is 12.4 Å². The third kappa shape index (κ3) is 3.49. The summed E-state index contributed by atoms with van der Waals surface area (Å²) < 4.78 is 5.31. The van der Waals surface area contributed by atoms with Gasteiger partial charge in [-0.15, -0.1) is 0 Å². The van der Waals surface area contributed by atoms with E-state index < -0.39 is 5.60 Å². The van der Waals surface area contributed by atoms with Crippen molar-refractivity contribution < 1.29 is 9.84 Å². The molecule has 1 heterocycles. The number of hydrogen-bond donors (Lipinski definition) is 1. The van der Waals surface area contributed by atoms with Gasteiger partial charge in [-0.1, -0.05) is 13.8 Å². The average molecular weight is 204 g/mol.